The van der Waals surface area contributed by atoms with E-state index in [1.54, 1.807) is 0 Å². The predicted octanol–water partition coefficient (Wildman–Crippen LogP) is 5.14. The first kappa shape index (κ1) is 17.7. The standard InChI is InChI=1S/C22H27NO2/c1-2-7-21(19-9-4-3-5-10-19)22(24)23-20-11-6-8-18(14-20)16-25-15-17-12-13-17/h3-6,8-11,14,17,21H,2,7,12-13,15-16H2,1H3,(H,23,24). The molecule has 1 atom stereocenters. The fourth-order valence-electron chi connectivity index (χ4n) is 3.02. The van der Waals surface area contributed by atoms with E-state index in [0.717, 1.165) is 42.2 Å². The summed E-state index contributed by atoms with van der Waals surface area (Å²) in [5.74, 6) is 0.716. The van der Waals surface area contributed by atoms with Crippen LogP contribution in [0.5, 0.6) is 0 Å². The van der Waals surface area contributed by atoms with Crippen LogP contribution in [0.25, 0.3) is 0 Å². The summed E-state index contributed by atoms with van der Waals surface area (Å²) in [6.45, 7) is 3.57. The molecule has 0 saturated heterocycles. The van der Waals surface area contributed by atoms with E-state index in [4.69, 9.17) is 4.74 Å². The molecular weight excluding hydrogens is 310 g/mol. The molecule has 132 valence electrons. The highest BCUT2D eigenvalue weighted by Gasteiger charge is 2.21. The molecule has 1 amide bonds. The Balaban J connectivity index is 1.62. The minimum Gasteiger partial charge on any atom is -0.376 e. The van der Waals surface area contributed by atoms with E-state index in [-0.39, 0.29) is 11.8 Å². The van der Waals surface area contributed by atoms with Gasteiger partial charge in [-0.1, -0.05) is 55.8 Å². The minimum absolute atomic E-state index is 0.0594. The van der Waals surface area contributed by atoms with Gasteiger partial charge >= 0.3 is 0 Å². The van der Waals surface area contributed by atoms with Crippen LogP contribution in [0, 0.1) is 5.92 Å². The Morgan fingerprint density at radius 3 is 2.68 bits per heavy atom. The molecule has 2 aromatic rings. The molecular formula is C22H27NO2. The first-order chi connectivity index (χ1) is 12.3. The van der Waals surface area contributed by atoms with Crippen LogP contribution in [-0.2, 0) is 16.1 Å². The van der Waals surface area contributed by atoms with Crippen LogP contribution in [0.15, 0.2) is 54.6 Å². The highest BCUT2D eigenvalue weighted by atomic mass is 16.5. The molecule has 0 radical (unpaired) electrons. The van der Waals surface area contributed by atoms with Crippen molar-refractivity contribution in [1.29, 1.82) is 0 Å². The molecule has 0 aromatic heterocycles. The zero-order valence-corrected chi connectivity index (χ0v) is 14.9. The molecule has 3 nitrogen and oxygen atoms in total. The van der Waals surface area contributed by atoms with Crippen LogP contribution in [-0.4, -0.2) is 12.5 Å². The Morgan fingerprint density at radius 2 is 1.96 bits per heavy atom. The topological polar surface area (TPSA) is 38.3 Å². The van der Waals surface area contributed by atoms with Crippen LogP contribution in [0.2, 0.25) is 0 Å². The number of hydrogen-bond acceptors (Lipinski definition) is 2. The summed E-state index contributed by atoms with van der Waals surface area (Å²) in [6, 6.07) is 18.0. The van der Waals surface area contributed by atoms with Crippen molar-refractivity contribution in [3.8, 4) is 0 Å². The van der Waals surface area contributed by atoms with Crippen molar-refractivity contribution >= 4 is 11.6 Å². The van der Waals surface area contributed by atoms with Crippen LogP contribution in [0.3, 0.4) is 0 Å². The van der Waals surface area contributed by atoms with Crippen LogP contribution in [0.1, 0.15) is 49.7 Å². The van der Waals surface area contributed by atoms with Gasteiger partial charge in [-0.15, -0.1) is 0 Å². The second kappa shape index (κ2) is 8.82. The second-order valence-electron chi connectivity index (χ2n) is 6.90. The van der Waals surface area contributed by atoms with E-state index >= 15 is 0 Å². The first-order valence-corrected chi connectivity index (χ1v) is 9.28. The number of rotatable bonds is 9. The van der Waals surface area contributed by atoms with E-state index in [1.807, 2.05) is 54.6 Å². The van der Waals surface area contributed by atoms with Crippen molar-refractivity contribution < 1.29 is 9.53 Å². The Bertz CT molecular complexity index is 679. The minimum atomic E-state index is -0.110. The highest BCUT2D eigenvalue weighted by molar-refractivity contribution is 5.95. The van der Waals surface area contributed by atoms with Crippen molar-refractivity contribution in [2.75, 3.05) is 11.9 Å². The van der Waals surface area contributed by atoms with Gasteiger partial charge in [0.2, 0.25) is 5.91 Å². The lowest BCUT2D eigenvalue weighted by atomic mass is 9.93. The van der Waals surface area contributed by atoms with Crippen molar-refractivity contribution in [2.24, 2.45) is 5.92 Å². The van der Waals surface area contributed by atoms with Gasteiger partial charge in [0.05, 0.1) is 12.5 Å². The van der Waals surface area contributed by atoms with Crippen molar-refractivity contribution in [3.63, 3.8) is 0 Å². The van der Waals surface area contributed by atoms with Crippen LogP contribution < -0.4 is 5.32 Å². The third-order valence-electron chi connectivity index (χ3n) is 4.61. The zero-order valence-electron chi connectivity index (χ0n) is 14.9. The van der Waals surface area contributed by atoms with Gasteiger partial charge in [-0.25, -0.2) is 0 Å². The van der Waals surface area contributed by atoms with E-state index in [2.05, 4.69) is 12.2 Å². The Hall–Kier alpha value is -2.13. The van der Waals surface area contributed by atoms with Crippen LogP contribution in [0.4, 0.5) is 5.69 Å². The summed E-state index contributed by atoms with van der Waals surface area (Å²) in [7, 11) is 0. The summed E-state index contributed by atoms with van der Waals surface area (Å²) in [6.07, 6.45) is 4.42. The molecule has 25 heavy (non-hydrogen) atoms. The smallest absolute Gasteiger partial charge is 0.231 e. The normalized spacial score (nSPS) is 14.9. The monoisotopic (exact) mass is 337 g/mol. The Labute approximate surface area is 150 Å². The van der Waals surface area contributed by atoms with Gasteiger partial charge in [-0.2, -0.15) is 0 Å². The maximum absolute atomic E-state index is 12.8. The van der Waals surface area contributed by atoms with E-state index in [9.17, 15) is 4.79 Å². The van der Waals surface area contributed by atoms with Crippen molar-refractivity contribution in [3.05, 3.63) is 65.7 Å². The number of benzene rings is 2. The molecule has 3 rings (SSSR count). The summed E-state index contributed by atoms with van der Waals surface area (Å²) in [5.41, 5.74) is 3.02. The summed E-state index contributed by atoms with van der Waals surface area (Å²) in [4.78, 5) is 12.8. The molecule has 1 unspecified atom stereocenters. The Kier molecular flexibility index (Phi) is 6.24. The summed E-state index contributed by atoms with van der Waals surface area (Å²) >= 11 is 0. The molecule has 0 heterocycles. The summed E-state index contributed by atoms with van der Waals surface area (Å²) in [5, 5.41) is 3.08. The van der Waals surface area contributed by atoms with E-state index in [0.29, 0.717) is 6.61 Å². The van der Waals surface area contributed by atoms with Crippen molar-refractivity contribution in [1.82, 2.24) is 0 Å². The van der Waals surface area contributed by atoms with Crippen LogP contribution >= 0.6 is 0 Å². The van der Waals surface area contributed by atoms with Crippen molar-refractivity contribution in [2.45, 2.75) is 45.1 Å². The lowest BCUT2D eigenvalue weighted by Crippen LogP contribution is -2.21. The maximum atomic E-state index is 12.8. The van der Waals surface area contributed by atoms with Gasteiger partial charge in [-0.3, -0.25) is 4.79 Å². The van der Waals surface area contributed by atoms with Gasteiger partial charge in [0.25, 0.3) is 0 Å². The number of hydrogen-bond donors (Lipinski definition) is 1. The number of ether oxygens (including phenoxy) is 1. The molecule has 0 bridgehead atoms. The Morgan fingerprint density at radius 1 is 1.16 bits per heavy atom. The van der Waals surface area contributed by atoms with Gasteiger partial charge in [0, 0.05) is 12.3 Å². The molecule has 1 aliphatic rings. The molecule has 1 N–H and O–H groups in total. The molecule has 1 saturated carbocycles. The second-order valence-corrected chi connectivity index (χ2v) is 6.90. The van der Waals surface area contributed by atoms with Gasteiger partial charge in [0.1, 0.15) is 0 Å². The average molecular weight is 337 g/mol. The van der Waals surface area contributed by atoms with Gasteiger partial charge in [-0.05, 0) is 48.4 Å². The molecule has 3 heteroatoms. The zero-order chi connectivity index (χ0) is 17.5. The fraction of sp³-hybridized carbons (Fsp3) is 0.409. The molecule has 1 aliphatic carbocycles. The number of amides is 1. The van der Waals surface area contributed by atoms with Gasteiger partial charge < -0.3 is 10.1 Å². The number of nitrogens with one attached hydrogen (secondary N) is 1. The lowest BCUT2D eigenvalue weighted by Gasteiger charge is -2.17. The molecule has 0 aliphatic heterocycles. The van der Waals surface area contributed by atoms with E-state index in [1.165, 1.54) is 12.8 Å². The predicted molar refractivity (Wildman–Crippen MR) is 102 cm³/mol. The molecule has 2 aromatic carbocycles. The largest absolute Gasteiger partial charge is 0.376 e. The average Bonchev–Trinajstić information content (AvgIpc) is 3.45. The SMILES string of the molecule is CCCC(C(=O)Nc1cccc(COCC2CC2)c1)c1ccccc1. The maximum Gasteiger partial charge on any atom is 0.231 e. The lowest BCUT2D eigenvalue weighted by molar-refractivity contribution is -0.117. The van der Waals surface area contributed by atoms with E-state index < -0.39 is 0 Å². The number of carbonyl (C=O) groups excluding carboxylic acids is 1. The quantitative estimate of drug-likeness (QED) is 0.688. The third-order valence-corrected chi connectivity index (χ3v) is 4.61. The molecule has 0 spiro atoms. The third kappa shape index (κ3) is 5.43. The highest BCUT2D eigenvalue weighted by Crippen LogP contribution is 2.29. The fourth-order valence-corrected chi connectivity index (χ4v) is 3.02. The summed E-state index contributed by atoms with van der Waals surface area (Å²) < 4.78 is 5.75. The number of carbonyl (C=O) groups is 1. The van der Waals surface area contributed by atoms with Gasteiger partial charge in [0.15, 0.2) is 0 Å². The number of anilines is 1. The first-order valence-electron chi connectivity index (χ1n) is 9.28. The molecule has 1 fully saturated rings.